The average Bonchev–Trinajstić information content (AvgIpc) is 2.46. The van der Waals surface area contributed by atoms with E-state index in [1.807, 2.05) is 0 Å². The quantitative estimate of drug-likeness (QED) is 0.714. The summed E-state index contributed by atoms with van der Waals surface area (Å²) in [6.45, 7) is 0. The molecule has 0 radical (unpaired) electrons. The smallest absolute Gasteiger partial charge is 0.434 e. The molecule has 0 bridgehead atoms. The van der Waals surface area contributed by atoms with Gasteiger partial charge in [0.05, 0.1) is 0 Å². The van der Waals surface area contributed by atoms with E-state index in [-0.39, 0.29) is 10.8 Å². The molecule has 0 saturated heterocycles. The van der Waals surface area contributed by atoms with Gasteiger partial charge in [0.2, 0.25) is 0 Å². The topological polar surface area (TPSA) is 50.4 Å². The van der Waals surface area contributed by atoms with Gasteiger partial charge in [0.25, 0.3) is 0 Å². The maximum Gasteiger partial charge on any atom is 0.434 e. The van der Waals surface area contributed by atoms with Gasteiger partial charge in [-0.25, -0.2) is 4.98 Å². The fourth-order valence-electron chi connectivity index (χ4n) is 1.08. The van der Waals surface area contributed by atoms with Crippen LogP contribution in [0.1, 0.15) is 5.69 Å². The standard InChI is InChI=1S/C7H3ClF3N3O/c8-4-1-5-12-3(7(9,10)11)2-14(5)6(15)13-4/h1-2H,(H,13,15). The van der Waals surface area contributed by atoms with Gasteiger partial charge < -0.3 is 5.11 Å². The number of imidazole rings is 1. The van der Waals surface area contributed by atoms with Crippen molar-refractivity contribution in [3.05, 3.63) is 23.1 Å². The van der Waals surface area contributed by atoms with Gasteiger partial charge in [-0.1, -0.05) is 11.6 Å². The largest absolute Gasteiger partial charge is 0.480 e. The normalized spacial score (nSPS) is 12.3. The zero-order valence-corrected chi connectivity index (χ0v) is 7.71. The SMILES string of the molecule is Oc1nc(Cl)cc2nc(C(F)(F)F)cn12. The Balaban J connectivity index is 2.71. The summed E-state index contributed by atoms with van der Waals surface area (Å²) in [4.78, 5) is 6.63. The molecule has 0 unspecified atom stereocenters. The van der Waals surface area contributed by atoms with Gasteiger partial charge in [-0.2, -0.15) is 18.2 Å². The number of alkyl halides is 3. The Hall–Kier alpha value is -1.50. The lowest BCUT2D eigenvalue weighted by atomic mass is 10.5. The van der Waals surface area contributed by atoms with Crippen molar-refractivity contribution in [3.63, 3.8) is 0 Å². The van der Waals surface area contributed by atoms with Crippen LogP contribution in [0.4, 0.5) is 13.2 Å². The first kappa shape index (κ1) is 10.0. The minimum Gasteiger partial charge on any atom is -0.480 e. The lowest BCUT2D eigenvalue weighted by Crippen LogP contribution is -2.04. The third-order valence-electron chi connectivity index (χ3n) is 1.69. The molecule has 4 nitrogen and oxygen atoms in total. The van der Waals surface area contributed by atoms with Crippen LogP contribution in [0.3, 0.4) is 0 Å². The second-order valence-electron chi connectivity index (χ2n) is 2.73. The summed E-state index contributed by atoms with van der Waals surface area (Å²) >= 11 is 5.44. The van der Waals surface area contributed by atoms with Crippen molar-refractivity contribution in [2.45, 2.75) is 6.18 Å². The van der Waals surface area contributed by atoms with Gasteiger partial charge in [0.1, 0.15) is 10.8 Å². The van der Waals surface area contributed by atoms with Gasteiger partial charge in [-0.05, 0) is 0 Å². The Bertz CT molecular complexity index is 522. The van der Waals surface area contributed by atoms with E-state index >= 15 is 0 Å². The first-order valence-corrected chi connectivity index (χ1v) is 4.07. The van der Waals surface area contributed by atoms with Crippen molar-refractivity contribution in [1.82, 2.24) is 14.4 Å². The number of aromatic hydroxyl groups is 1. The highest BCUT2D eigenvalue weighted by Crippen LogP contribution is 2.29. The Kier molecular flexibility index (Phi) is 2.00. The van der Waals surface area contributed by atoms with Crippen LogP contribution in [0.15, 0.2) is 12.3 Å². The second kappa shape index (κ2) is 2.99. The van der Waals surface area contributed by atoms with E-state index in [2.05, 4.69) is 9.97 Å². The van der Waals surface area contributed by atoms with Crippen LogP contribution in [-0.2, 0) is 6.18 Å². The van der Waals surface area contributed by atoms with Crippen molar-refractivity contribution in [3.8, 4) is 6.01 Å². The molecule has 8 heteroatoms. The molecule has 0 aliphatic heterocycles. The maximum atomic E-state index is 12.2. The summed E-state index contributed by atoms with van der Waals surface area (Å²) < 4.78 is 37.5. The van der Waals surface area contributed by atoms with Crippen molar-refractivity contribution < 1.29 is 18.3 Å². The molecule has 2 heterocycles. The number of hydrogen-bond acceptors (Lipinski definition) is 3. The molecule has 0 aliphatic carbocycles. The van der Waals surface area contributed by atoms with E-state index in [0.29, 0.717) is 6.20 Å². The van der Waals surface area contributed by atoms with Crippen molar-refractivity contribution in [1.29, 1.82) is 0 Å². The van der Waals surface area contributed by atoms with E-state index in [1.54, 1.807) is 0 Å². The molecule has 2 aromatic heterocycles. The zero-order valence-electron chi connectivity index (χ0n) is 6.96. The fourth-order valence-corrected chi connectivity index (χ4v) is 1.25. The second-order valence-corrected chi connectivity index (χ2v) is 3.12. The molecule has 0 fully saturated rings. The van der Waals surface area contributed by atoms with Gasteiger partial charge >= 0.3 is 12.2 Å². The highest BCUT2D eigenvalue weighted by Gasteiger charge is 2.34. The number of nitrogens with zero attached hydrogens (tertiary/aromatic N) is 3. The van der Waals surface area contributed by atoms with Crippen molar-refractivity contribution >= 4 is 17.2 Å². The molecular weight excluding hydrogens is 235 g/mol. The van der Waals surface area contributed by atoms with Crippen LogP contribution in [0.25, 0.3) is 5.65 Å². The van der Waals surface area contributed by atoms with Crippen molar-refractivity contribution in [2.75, 3.05) is 0 Å². The number of hydrogen-bond donors (Lipinski definition) is 1. The molecule has 1 N–H and O–H groups in total. The summed E-state index contributed by atoms with van der Waals surface area (Å²) in [5.74, 6) is 0. The number of rotatable bonds is 0. The lowest BCUT2D eigenvalue weighted by Gasteiger charge is -1.98. The molecule has 0 spiro atoms. The Morgan fingerprint density at radius 2 is 2.00 bits per heavy atom. The van der Waals surface area contributed by atoms with Gasteiger partial charge in [-0.15, -0.1) is 0 Å². The summed E-state index contributed by atoms with van der Waals surface area (Å²) in [6.07, 6.45) is -3.92. The maximum absolute atomic E-state index is 12.2. The minimum absolute atomic E-state index is 0.111. The van der Waals surface area contributed by atoms with Crippen LogP contribution in [0, 0.1) is 0 Å². The predicted octanol–water partition coefficient (Wildman–Crippen LogP) is 2.11. The third kappa shape index (κ3) is 1.70. The Morgan fingerprint density at radius 3 is 2.60 bits per heavy atom. The lowest BCUT2D eigenvalue weighted by molar-refractivity contribution is -0.140. The minimum atomic E-state index is -4.56. The van der Waals surface area contributed by atoms with Crippen LogP contribution in [-0.4, -0.2) is 19.5 Å². The molecule has 80 valence electrons. The van der Waals surface area contributed by atoms with Gasteiger partial charge in [-0.3, -0.25) is 4.40 Å². The molecule has 0 saturated carbocycles. The molecular formula is C7H3ClF3N3O. The highest BCUT2D eigenvalue weighted by molar-refractivity contribution is 6.29. The molecule has 0 aromatic carbocycles. The first-order valence-electron chi connectivity index (χ1n) is 3.70. The average molecular weight is 238 g/mol. The van der Waals surface area contributed by atoms with E-state index < -0.39 is 17.9 Å². The number of aromatic nitrogens is 3. The van der Waals surface area contributed by atoms with Crippen LogP contribution >= 0.6 is 11.6 Å². The number of halogens is 4. The summed E-state index contributed by atoms with van der Waals surface area (Å²) in [5, 5.41) is 9.07. The molecule has 15 heavy (non-hydrogen) atoms. The van der Waals surface area contributed by atoms with Crippen LogP contribution in [0.2, 0.25) is 5.15 Å². The fraction of sp³-hybridized carbons (Fsp3) is 0.143. The molecule has 0 aliphatic rings. The van der Waals surface area contributed by atoms with E-state index in [0.717, 1.165) is 10.5 Å². The predicted molar refractivity (Wildman–Crippen MR) is 44.7 cm³/mol. The van der Waals surface area contributed by atoms with Gasteiger partial charge in [0.15, 0.2) is 5.69 Å². The first-order chi connectivity index (χ1) is 6.88. The highest BCUT2D eigenvalue weighted by atomic mass is 35.5. The zero-order chi connectivity index (χ0) is 11.2. The Morgan fingerprint density at radius 1 is 1.33 bits per heavy atom. The molecule has 2 aromatic rings. The van der Waals surface area contributed by atoms with Crippen molar-refractivity contribution in [2.24, 2.45) is 0 Å². The van der Waals surface area contributed by atoms with Crippen LogP contribution < -0.4 is 0 Å². The summed E-state index contributed by atoms with van der Waals surface area (Å²) in [7, 11) is 0. The Labute approximate surface area is 85.9 Å². The summed E-state index contributed by atoms with van der Waals surface area (Å²) in [5.41, 5.74) is -1.22. The molecule has 0 amide bonds. The van der Waals surface area contributed by atoms with Crippen LogP contribution in [0.5, 0.6) is 6.01 Å². The molecule has 0 atom stereocenters. The summed E-state index contributed by atoms with van der Waals surface area (Å²) in [6, 6.07) is 0.483. The van der Waals surface area contributed by atoms with E-state index in [1.165, 1.54) is 0 Å². The third-order valence-corrected chi connectivity index (χ3v) is 1.89. The number of fused-ring (bicyclic) bond motifs is 1. The van der Waals surface area contributed by atoms with E-state index in [9.17, 15) is 18.3 Å². The molecule has 2 rings (SSSR count). The van der Waals surface area contributed by atoms with Gasteiger partial charge in [0, 0.05) is 12.3 Å². The van der Waals surface area contributed by atoms with E-state index in [4.69, 9.17) is 11.6 Å². The monoisotopic (exact) mass is 237 g/mol.